The Balaban J connectivity index is 1.71. The molecule has 2 aliphatic heterocycles. The SMILES string of the molecule is C1CCC(c2nnc(C3CCOC3)s2)NC1. The Hall–Kier alpha value is -0.520. The molecule has 0 saturated carbocycles. The molecule has 0 aliphatic carbocycles. The predicted molar refractivity (Wildman–Crippen MR) is 62.7 cm³/mol. The molecule has 3 heterocycles. The summed E-state index contributed by atoms with van der Waals surface area (Å²) < 4.78 is 5.39. The Bertz CT molecular complexity index is 343. The van der Waals surface area contributed by atoms with E-state index < -0.39 is 0 Å². The van der Waals surface area contributed by atoms with E-state index in [1.807, 2.05) is 0 Å². The van der Waals surface area contributed by atoms with Crippen LogP contribution in [-0.2, 0) is 4.74 Å². The van der Waals surface area contributed by atoms with Crippen LogP contribution in [0, 0.1) is 0 Å². The van der Waals surface area contributed by atoms with Crippen molar-refractivity contribution in [1.29, 1.82) is 0 Å². The summed E-state index contributed by atoms with van der Waals surface area (Å²) in [5.41, 5.74) is 0. The number of hydrogen-bond donors (Lipinski definition) is 1. The van der Waals surface area contributed by atoms with Gasteiger partial charge in [-0.2, -0.15) is 0 Å². The highest BCUT2D eigenvalue weighted by Gasteiger charge is 2.24. The van der Waals surface area contributed by atoms with Crippen LogP contribution in [0.2, 0.25) is 0 Å². The lowest BCUT2D eigenvalue weighted by Gasteiger charge is -2.20. The quantitative estimate of drug-likeness (QED) is 0.855. The maximum Gasteiger partial charge on any atom is 0.134 e. The predicted octanol–water partition coefficient (Wildman–Crippen LogP) is 1.86. The van der Waals surface area contributed by atoms with Crippen molar-refractivity contribution in [2.75, 3.05) is 19.8 Å². The highest BCUT2D eigenvalue weighted by atomic mass is 32.1. The number of nitrogens with zero attached hydrogens (tertiary/aromatic N) is 2. The van der Waals surface area contributed by atoms with Gasteiger partial charge in [0.15, 0.2) is 0 Å². The molecular formula is C11H17N3OS. The van der Waals surface area contributed by atoms with Crippen molar-refractivity contribution < 1.29 is 4.74 Å². The molecule has 0 bridgehead atoms. The first kappa shape index (κ1) is 10.6. The van der Waals surface area contributed by atoms with Crippen molar-refractivity contribution >= 4 is 11.3 Å². The van der Waals surface area contributed by atoms with Crippen LogP contribution < -0.4 is 5.32 Å². The van der Waals surface area contributed by atoms with E-state index in [-0.39, 0.29) is 0 Å². The summed E-state index contributed by atoms with van der Waals surface area (Å²) in [6, 6.07) is 0.447. The van der Waals surface area contributed by atoms with E-state index in [0.29, 0.717) is 12.0 Å². The second kappa shape index (κ2) is 4.77. The van der Waals surface area contributed by atoms with Crippen molar-refractivity contribution in [2.45, 2.75) is 37.6 Å². The Morgan fingerprint density at radius 2 is 2.12 bits per heavy atom. The highest BCUT2D eigenvalue weighted by Crippen LogP contribution is 2.31. The van der Waals surface area contributed by atoms with Gasteiger partial charge in [-0.15, -0.1) is 10.2 Å². The van der Waals surface area contributed by atoms with Crippen molar-refractivity contribution in [2.24, 2.45) is 0 Å². The number of hydrogen-bond acceptors (Lipinski definition) is 5. The summed E-state index contributed by atoms with van der Waals surface area (Å²) in [7, 11) is 0. The molecule has 2 fully saturated rings. The Labute approximate surface area is 99.4 Å². The van der Waals surface area contributed by atoms with Gasteiger partial charge in [0.2, 0.25) is 0 Å². The third-order valence-electron chi connectivity index (χ3n) is 3.34. The number of nitrogens with one attached hydrogen (secondary N) is 1. The molecule has 3 rings (SSSR count). The zero-order valence-electron chi connectivity index (χ0n) is 9.32. The Kier molecular flexibility index (Phi) is 3.17. The van der Waals surface area contributed by atoms with Gasteiger partial charge in [0, 0.05) is 12.5 Å². The van der Waals surface area contributed by atoms with Gasteiger partial charge >= 0.3 is 0 Å². The molecule has 1 aromatic heterocycles. The van der Waals surface area contributed by atoms with E-state index in [4.69, 9.17) is 4.74 Å². The Morgan fingerprint density at radius 3 is 2.88 bits per heavy atom. The zero-order chi connectivity index (χ0) is 10.8. The van der Waals surface area contributed by atoms with Gasteiger partial charge in [-0.05, 0) is 25.8 Å². The number of aromatic nitrogens is 2. The lowest BCUT2D eigenvalue weighted by atomic mass is 10.1. The molecule has 0 radical (unpaired) electrons. The van der Waals surface area contributed by atoms with Crippen LogP contribution in [-0.4, -0.2) is 30.0 Å². The third-order valence-corrected chi connectivity index (χ3v) is 4.54. The van der Waals surface area contributed by atoms with Crippen LogP contribution in [0.3, 0.4) is 0 Å². The summed E-state index contributed by atoms with van der Waals surface area (Å²) in [5.74, 6) is 0.495. The molecule has 16 heavy (non-hydrogen) atoms. The summed E-state index contributed by atoms with van der Waals surface area (Å²) in [6.07, 6.45) is 4.90. The van der Waals surface area contributed by atoms with Gasteiger partial charge in [-0.3, -0.25) is 0 Å². The van der Waals surface area contributed by atoms with Gasteiger partial charge in [-0.1, -0.05) is 17.8 Å². The van der Waals surface area contributed by atoms with E-state index in [9.17, 15) is 0 Å². The molecule has 0 spiro atoms. The summed E-state index contributed by atoms with van der Waals surface area (Å²) in [4.78, 5) is 0. The lowest BCUT2D eigenvalue weighted by molar-refractivity contribution is 0.194. The number of ether oxygens (including phenoxy) is 1. The van der Waals surface area contributed by atoms with Crippen molar-refractivity contribution in [1.82, 2.24) is 15.5 Å². The summed E-state index contributed by atoms with van der Waals surface area (Å²) >= 11 is 1.77. The largest absolute Gasteiger partial charge is 0.381 e. The average molecular weight is 239 g/mol. The number of rotatable bonds is 2. The van der Waals surface area contributed by atoms with E-state index in [2.05, 4.69) is 15.5 Å². The van der Waals surface area contributed by atoms with E-state index in [0.717, 1.165) is 26.2 Å². The minimum Gasteiger partial charge on any atom is -0.381 e. The molecule has 0 aromatic carbocycles. The molecule has 2 saturated heterocycles. The van der Waals surface area contributed by atoms with Gasteiger partial charge in [0.05, 0.1) is 12.6 Å². The zero-order valence-corrected chi connectivity index (χ0v) is 10.1. The first-order chi connectivity index (χ1) is 7.93. The van der Waals surface area contributed by atoms with Gasteiger partial charge in [-0.25, -0.2) is 0 Å². The maximum absolute atomic E-state index is 5.39. The molecule has 1 aromatic rings. The average Bonchev–Trinajstić information content (AvgIpc) is 3.01. The summed E-state index contributed by atoms with van der Waals surface area (Å²) in [6.45, 7) is 2.82. The lowest BCUT2D eigenvalue weighted by Crippen LogP contribution is -2.26. The van der Waals surface area contributed by atoms with Gasteiger partial charge in [0.1, 0.15) is 10.0 Å². The monoisotopic (exact) mass is 239 g/mol. The molecule has 5 heteroatoms. The van der Waals surface area contributed by atoms with Crippen molar-refractivity contribution in [3.8, 4) is 0 Å². The molecule has 2 atom stereocenters. The Morgan fingerprint density at radius 1 is 1.19 bits per heavy atom. The third kappa shape index (κ3) is 2.12. The molecule has 88 valence electrons. The topological polar surface area (TPSA) is 47.0 Å². The van der Waals surface area contributed by atoms with Crippen LogP contribution in [0.4, 0.5) is 0 Å². The second-order valence-electron chi connectivity index (χ2n) is 4.54. The molecule has 2 unspecified atom stereocenters. The van der Waals surface area contributed by atoms with Crippen LogP contribution in [0.25, 0.3) is 0 Å². The fraction of sp³-hybridized carbons (Fsp3) is 0.818. The maximum atomic E-state index is 5.39. The first-order valence-electron chi connectivity index (χ1n) is 6.08. The van der Waals surface area contributed by atoms with E-state index in [1.54, 1.807) is 11.3 Å². The number of piperidine rings is 1. The summed E-state index contributed by atoms with van der Waals surface area (Å²) in [5, 5.41) is 14.5. The van der Waals surface area contributed by atoms with Gasteiger partial charge < -0.3 is 10.1 Å². The highest BCUT2D eigenvalue weighted by molar-refractivity contribution is 7.11. The van der Waals surface area contributed by atoms with E-state index in [1.165, 1.54) is 29.3 Å². The van der Waals surface area contributed by atoms with Crippen LogP contribution >= 0.6 is 11.3 Å². The standard InChI is InChI=1S/C11H17N3OS/c1-2-5-12-9(3-1)11-14-13-10(16-11)8-4-6-15-7-8/h8-9,12H,1-7H2. The van der Waals surface area contributed by atoms with Crippen LogP contribution in [0.15, 0.2) is 0 Å². The van der Waals surface area contributed by atoms with E-state index >= 15 is 0 Å². The molecule has 2 aliphatic rings. The minimum absolute atomic E-state index is 0.447. The van der Waals surface area contributed by atoms with Crippen LogP contribution in [0.5, 0.6) is 0 Å². The molecule has 0 amide bonds. The minimum atomic E-state index is 0.447. The smallest absolute Gasteiger partial charge is 0.134 e. The second-order valence-corrected chi connectivity index (χ2v) is 5.58. The normalized spacial score (nSPS) is 30.8. The van der Waals surface area contributed by atoms with Crippen molar-refractivity contribution in [3.05, 3.63) is 10.0 Å². The molecule has 4 nitrogen and oxygen atoms in total. The fourth-order valence-corrected chi connectivity index (χ4v) is 3.42. The first-order valence-corrected chi connectivity index (χ1v) is 6.89. The van der Waals surface area contributed by atoms with Gasteiger partial charge in [0.25, 0.3) is 0 Å². The molecular weight excluding hydrogens is 222 g/mol. The molecule has 1 N–H and O–H groups in total. The van der Waals surface area contributed by atoms with Crippen LogP contribution in [0.1, 0.15) is 47.7 Å². The fourth-order valence-electron chi connectivity index (χ4n) is 2.34. The van der Waals surface area contributed by atoms with Crippen molar-refractivity contribution in [3.63, 3.8) is 0 Å².